The fourth-order valence-electron chi connectivity index (χ4n) is 2.90. The van der Waals surface area contributed by atoms with Crippen LogP contribution in [0.5, 0.6) is 0 Å². The van der Waals surface area contributed by atoms with Gasteiger partial charge in [0.25, 0.3) is 0 Å². The number of halogens is 1. The molecule has 124 valence electrons. The Kier molecular flexibility index (Phi) is 4.58. The van der Waals surface area contributed by atoms with Crippen molar-refractivity contribution in [2.24, 2.45) is 0 Å². The van der Waals surface area contributed by atoms with Gasteiger partial charge in [-0.1, -0.05) is 0 Å². The molecule has 7 heteroatoms. The third-order valence-corrected chi connectivity index (χ3v) is 4.08. The lowest BCUT2D eigenvalue weighted by atomic mass is 10.2. The van der Waals surface area contributed by atoms with E-state index in [-0.39, 0.29) is 12.6 Å². The third-order valence-electron chi connectivity index (χ3n) is 4.08. The van der Waals surface area contributed by atoms with Gasteiger partial charge in [-0.05, 0) is 37.1 Å². The summed E-state index contributed by atoms with van der Waals surface area (Å²) in [6, 6.07) is 5.19. The van der Waals surface area contributed by atoms with Gasteiger partial charge in [-0.25, -0.2) is 4.39 Å². The zero-order chi connectivity index (χ0) is 16.3. The molecule has 0 unspecified atom stereocenters. The predicted octanol–water partition coefficient (Wildman–Crippen LogP) is 1.57. The first-order valence-electron chi connectivity index (χ1n) is 7.73. The molecule has 2 fully saturated rings. The molecule has 1 saturated heterocycles. The molecule has 6 nitrogen and oxygen atoms in total. The van der Waals surface area contributed by atoms with Crippen molar-refractivity contribution in [1.29, 1.82) is 0 Å². The van der Waals surface area contributed by atoms with Gasteiger partial charge in [0.2, 0.25) is 0 Å². The van der Waals surface area contributed by atoms with Gasteiger partial charge in [-0.2, -0.15) is 0 Å². The smallest absolute Gasteiger partial charge is 0.313 e. The van der Waals surface area contributed by atoms with E-state index >= 15 is 0 Å². The molecule has 3 rings (SSSR count). The number of carbonyl (C=O) groups is 2. The number of anilines is 1. The van der Waals surface area contributed by atoms with Crippen molar-refractivity contribution in [3.8, 4) is 0 Å². The van der Waals surface area contributed by atoms with Gasteiger partial charge in [0.05, 0.1) is 6.61 Å². The van der Waals surface area contributed by atoms with Crippen LogP contribution in [0.4, 0.5) is 10.1 Å². The molecular formula is C16H19FN2O4. The summed E-state index contributed by atoms with van der Waals surface area (Å²) in [6.45, 7) is 0.636. The van der Waals surface area contributed by atoms with Crippen molar-refractivity contribution < 1.29 is 23.5 Å². The highest BCUT2D eigenvalue weighted by Gasteiger charge is 2.43. The van der Waals surface area contributed by atoms with E-state index in [2.05, 4.69) is 10.6 Å². The van der Waals surface area contributed by atoms with Crippen LogP contribution in [0.1, 0.15) is 25.7 Å². The Balaban J connectivity index is 1.44. The molecule has 2 aliphatic rings. The Morgan fingerprint density at radius 1 is 1.17 bits per heavy atom. The van der Waals surface area contributed by atoms with Crippen LogP contribution in [-0.4, -0.2) is 36.9 Å². The normalized spacial score (nSPS) is 22.2. The molecule has 2 amide bonds. The number of hydrogen-bond acceptors (Lipinski definition) is 4. The number of carbonyl (C=O) groups excluding carboxylic acids is 2. The molecule has 1 atom stereocenters. The van der Waals surface area contributed by atoms with E-state index < -0.39 is 23.4 Å². The molecular weight excluding hydrogens is 303 g/mol. The van der Waals surface area contributed by atoms with Gasteiger partial charge < -0.3 is 20.1 Å². The van der Waals surface area contributed by atoms with Crippen LogP contribution in [0.15, 0.2) is 24.3 Å². The molecule has 23 heavy (non-hydrogen) atoms. The molecule has 1 saturated carbocycles. The van der Waals surface area contributed by atoms with Crippen LogP contribution >= 0.6 is 0 Å². The van der Waals surface area contributed by atoms with Crippen LogP contribution in [0, 0.1) is 5.82 Å². The third kappa shape index (κ3) is 3.86. The summed E-state index contributed by atoms with van der Waals surface area (Å²) in [5.74, 6) is -2.45. The molecule has 2 N–H and O–H groups in total. The number of amides is 2. The second kappa shape index (κ2) is 6.64. The summed E-state index contributed by atoms with van der Waals surface area (Å²) in [6.07, 6.45) is 3.68. The first-order chi connectivity index (χ1) is 11.1. The largest absolute Gasteiger partial charge is 0.347 e. The quantitative estimate of drug-likeness (QED) is 0.828. The maximum Gasteiger partial charge on any atom is 0.313 e. The summed E-state index contributed by atoms with van der Waals surface area (Å²) >= 11 is 0. The maximum atomic E-state index is 12.8. The van der Waals surface area contributed by atoms with Crippen molar-refractivity contribution in [3.63, 3.8) is 0 Å². The van der Waals surface area contributed by atoms with Crippen LogP contribution < -0.4 is 10.6 Å². The second-order valence-electron chi connectivity index (χ2n) is 5.84. The average molecular weight is 322 g/mol. The molecule has 0 radical (unpaired) electrons. The van der Waals surface area contributed by atoms with E-state index in [0.29, 0.717) is 12.3 Å². The zero-order valence-electron chi connectivity index (χ0n) is 12.6. The Morgan fingerprint density at radius 3 is 2.57 bits per heavy atom. The molecule has 1 spiro atoms. The maximum absolute atomic E-state index is 12.8. The number of ether oxygens (including phenoxy) is 2. The standard InChI is InChI=1S/C16H19FN2O4/c17-11-3-5-12(6-4-11)19-15(21)14(20)18-9-13-10-22-16(23-13)7-1-2-8-16/h3-6,13H,1-2,7-10H2,(H,18,20)(H,19,21)/t13-/m1/s1. The fraction of sp³-hybridized carbons (Fsp3) is 0.500. The van der Waals surface area contributed by atoms with Crippen LogP contribution in [0.3, 0.4) is 0 Å². The van der Waals surface area contributed by atoms with Crippen LogP contribution in [-0.2, 0) is 19.1 Å². The SMILES string of the molecule is O=C(NC[C@@H]1COC2(CCCC2)O1)C(=O)Nc1ccc(F)cc1. The number of benzene rings is 1. The summed E-state index contributed by atoms with van der Waals surface area (Å²) in [5.41, 5.74) is 0.358. The molecule has 1 heterocycles. The number of rotatable bonds is 3. The molecule has 1 aliphatic heterocycles. The van der Waals surface area contributed by atoms with Gasteiger partial charge in [0.1, 0.15) is 11.9 Å². The van der Waals surface area contributed by atoms with E-state index in [1.807, 2.05) is 0 Å². The lowest BCUT2D eigenvalue weighted by molar-refractivity contribution is -0.161. The molecule has 1 aromatic rings. The minimum Gasteiger partial charge on any atom is -0.347 e. The first-order valence-corrected chi connectivity index (χ1v) is 7.73. The highest BCUT2D eigenvalue weighted by atomic mass is 19.1. The van der Waals surface area contributed by atoms with Crippen molar-refractivity contribution >= 4 is 17.5 Å². The van der Waals surface area contributed by atoms with Gasteiger partial charge >= 0.3 is 11.8 Å². The summed E-state index contributed by atoms with van der Waals surface area (Å²) in [7, 11) is 0. The van der Waals surface area contributed by atoms with Gasteiger partial charge in [-0.15, -0.1) is 0 Å². The molecule has 0 bridgehead atoms. The van der Waals surface area contributed by atoms with E-state index in [1.165, 1.54) is 24.3 Å². The average Bonchev–Trinajstić information content (AvgIpc) is 3.17. The van der Waals surface area contributed by atoms with Gasteiger partial charge in [-0.3, -0.25) is 9.59 Å². The first kappa shape index (κ1) is 15.9. The number of nitrogens with one attached hydrogen (secondary N) is 2. The van der Waals surface area contributed by atoms with E-state index in [0.717, 1.165) is 25.7 Å². The summed E-state index contributed by atoms with van der Waals surface area (Å²) in [5, 5.41) is 4.94. The fourth-order valence-corrected chi connectivity index (χ4v) is 2.90. The Morgan fingerprint density at radius 2 is 1.87 bits per heavy atom. The molecule has 1 aliphatic carbocycles. The summed E-state index contributed by atoms with van der Waals surface area (Å²) in [4.78, 5) is 23.6. The predicted molar refractivity (Wildman–Crippen MR) is 80.1 cm³/mol. The van der Waals surface area contributed by atoms with Crippen LogP contribution in [0.2, 0.25) is 0 Å². The lowest BCUT2D eigenvalue weighted by Gasteiger charge is -2.21. The monoisotopic (exact) mass is 322 g/mol. The minimum absolute atomic E-state index is 0.220. The Bertz CT molecular complexity index is 584. The van der Waals surface area contributed by atoms with Crippen molar-refractivity contribution in [2.45, 2.75) is 37.6 Å². The highest BCUT2D eigenvalue weighted by molar-refractivity contribution is 6.39. The zero-order valence-corrected chi connectivity index (χ0v) is 12.6. The Labute approximate surface area is 133 Å². The van der Waals surface area contributed by atoms with E-state index in [1.54, 1.807) is 0 Å². The van der Waals surface area contributed by atoms with Gasteiger partial charge in [0, 0.05) is 25.1 Å². The molecule has 0 aromatic heterocycles. The van der Waals surface area contributed by atoms with Crippen molar-refractivity contribution in [1.82, 2.24) is 5.32 Å². The topological polar surface area (TPSA) is 76.7 Å². The Hall–Kier alpha value is -1.99. The van der Waals surface area contributed by atoms with Crippen molar-refractivity contribution in [3.05, 3.63) is 30.1 Å². The van der Waals surface area contributed by atoms with Crippen molar-refractivity contribution in [2.75, 3.05) is 18.5 Å². The highest BCUT2D eigenvalue weighted by Crippen LogP contribution is 2.38. The minimum atomic E-state index is -0.800. The lowest BCUT2D eigenvalue weighted by Crippen LogP contribution is -2.40. The molecule has 1 aromatic carbocycles. The van der Waals surface area contributed by atoms with E-state index in [4.69, 9.17) is 9.47 Å². The number of hydrogen-bond donors (Lipinski definition) is 2. The second-order valence-corrected chi connectivity index (χ2v) is 5.84. The summed E-state index contributed by atoms with van der Waals surface area (Å²) < 4.78 is 24.3. The van der Waals surface area contributed by atoms with E-state index in [9.17, 15) is 14.0 Å². The van der Waals surface area contributed by atoms with Crippen LogP contribution in [0.25, 0.3) is 0 Å². The van der Waals surface area contributed by atoms with Gasteiger partial charge in [0.15, 0.2) is 5.79 Å².